The lowest BCUT2D eigenvalue weighted by Gasteiger charge is -2.13. The Kier molecular flexibility index (Phi) is 7.16. The number of thioether (sulfide) groups is 1. The third-order valence-corrected chi connectivity index (χ3v) is 3.99. The van der Waals surface area contributed by atoms with Gasteiger partial charge in [-0.1, -0.05) is 18.2 Å². The Bertz CT molecular complexity index is 310. The van der Waals surface area contributed by atoms with E-state index in [9.17, 15) is 0 Å². The molecule has 0 bridgehead atoms. The fourth-order valence-corrected chi connectivity index (χ4v) is 2.34. The summed E-state index contributed by atoms with van der Waals surface area (Å²) in [6.45, 7) is 6.96. The molecule has 3 heteroatoms. The van der Waals surface area contributed by atoms with E-state index in [1.165, 1.54) is 9.13 Å². The van der Waals surface area contributed by atoms with Crippen LogP contribution in [0.25, 0.3) is 0 Å². The van der Waals surface area contributed by atoms with E-state index in [0.717, 1.165) is 18.1 Å². The lowest BCUT2D eigenvalue weighted by atomic mass is 10.1. The number of benzene rings is 1. The molecular weight excluding hydrogens is 329 g/mol. The molecule has 0 fully saturated rings. The number of hydrogen-bond donors (Lipinski definition) is 1. The SMILES string of the molecule is C=CCSCCNC(C)c1ccc(I)cc1. The van der Waals surface area contributed by atoms with Gasteiger partial charge in [0, 0.05) is 27.7 Å². The molecule has 0 saturated carbocycles. The Labute approximate surface area is 116 Å². The van der Waals surface area contributed by atoms with Crippen LogP contribution in [0.4, 0.5) is 0 Å². The van der Waals surface area contributed by atoms with Gasteiger partial charge in [-0.3, -0.25) is 0 Å². The summed E-state index contributed by atoms with van der Waals surface area (Å²) in [6, 6.07) is 9.12. The Balaban J connectivity index is 2.26. The smallest absolute Gasteiger partial charge is 0.0292 e. The van der Waals surface area contributed by atoms with E-state index >= 15 is 0 Å². The van der Waals surface area contributed by atoms with E-state index in [-0.39, 0.29) is 0 Å². The zero-order valence-electron chi connectivity index (χ0n) is 9.58. The second-order valence-corrected chi connectivity index (χ2v) is 5.99. The highest BCUT2D eigenvalue weighted by molar-refractivity contribution is 14.1. The first-order valence-electron chi connectivity index (χ1n) is 5.41. The van der Waals surface area contributed by atoms with Crippen molar-refractivity contribution in [3.63, 3.8) is 0 Å². The summed E-state index contributed by atoms with van der Waals surface area (Å²) in [5, 5.41) is 3.52. The van der Waals surface area contributed by atoms with Gasteiger partial charge in [0.05, 0.1) is 0 Å². The van der Waals surface area contributed by atoms with Crippen molar-refractivity contribution in [2.75, 3.05) is 18.1 Å². The highest BCUT2D eigenvalue weighted by Crippen LogP contribution is 2.14. The number of nitrogens with one attached hydrogen (secondary N) is 1. The Morgan fingerprint density at radius 3 is 2.75 bits per heavy atom. The maximum Gasteiger partial charge on any atom is 0.0292 e. The van der Waals surface area contributed by atoms with E-state index in [4.69, 9.17) is 0 Å². The van der Waals surface area contributed by atoms with E-state index in [1.807, 2.05) is 17.8 Å². The van der Waals surface area contributed by atoms with Crippen molar-refractivity contribution in [1.29, 1.82) is 0 Å². The van der Waals surface area contributed by atoms with E-state index in [1.54, 1.807) is 0 Å². The highest BCUT2D eigenvalue weighted by Gasteiger charge is 2.03. The normalized spacial score (nSPS) is 12.4. The topological polar surface area (TPSA) is 12.0 Å². The fourth-order valence-electron chi connectivity index (χ4n) is 1.38. The van der Waals surface area contributed by atoms with Crippen LogP contribution in [0.2, 0.25) is 0 Å². The molecule has 1 atom stereocenters. The highest BCUT2D eigenvalue weighted by atomic mass is 127. The van der Waals surface area contributed by atoms with Gasteiger partial charge in [0.25, 0.3) is 0 Å². The largest absolute Gasteiger partial charge is 0.309 e. The van der Waals surface area contributed by atoms with Gasteiger partial charge in [-0.25, -0.2) is 0 Å². The van der Waals surface area contributed by atoms with Gasteiger partial charge in [-0.2, -0.15) is 11.8 Å². The molecule has 88 valence electrons. The molecule has 1 aromatic carbocycles. The van der Waals surface area contributed by atoms with Crippen LogP contribution in [0.5, 0.6) is 0 Å². The Hall–Kier alpha value is -0.000000000000000111. The van der Waals surface area contributed by atoms with Crippen LogP contribution in [0.15, 0.2) is 36.9 Å². The maximum absolute atomic E-state index is 3.71. The summed E-state index contributed by atoms with van der Waals surface area (Å²) < 4.78 is 1.29. The molecule has 0 aliphatic rings. The van der Waals surface area contributed by atoms with Crippen LogP contribution < -0.4 is 5.32 Å². The predicted octanol–water partition coefficient (Wildman–Crippen LogP) is 3.86. The minimum Gasteiger partial charge on any atom is -0.309 e. The van der Waals surface area contributed by atoms with Crippen LogP contribution in [0, 0.1) is 3.57 Å². The summed E-state index contributed by atoms with van der Waals surface area (Å²) in [6.07, 6.45) is 1.95. The van der Waals surface area contributed by atoms with Crippen molar-refractivity contribution in [2.24, 2.45) is 0 Å². The van der Waals surface area contributed by atoms with Gasteiger partial charge in [-0.15, -0.1) is 6.58 Å². The third-order valence-electron chi connectivity index (χ3n) is 2.30. The molecule has 1 rings (SSSR count). The molecule has 0 radical (unpaired) electrons. The molecule has 0 aromatic heterocycles. The predicted molar refractivity (Wildman–Crippen MR) is 83.1 cm³/mol. The average Bonchev–Trinajstić information content (AvgIpc) is 2.29. The van der Waals surface area contributed by atoms with Crippen molar-refractivity contribution in [1.82, 2.24) is 5.32 Å². The van der Waals surface area contributed by atoms with Gasteiger partial charge in [0.1, 0.15) is 0 Å². The van der Waals surface area contributed by atoms with Gasteiger partial charge in [0.15, 0.2) is 0 Å². The summed E-state index contributed by atoms with van der Waals surface area (Å²) in [4.78, 5) is 0. The number of hydrogen-bond acceptors (Lipinski definition) is 2. The monoisotopic (exact) mass is 347 g/mol. The molecule has 0 amide bonds. The fraction of sp³-hybridized carbons (Fsp3) is 0.385. The van der Waals surface area contributed by atoms with Crippen molar-refractivity contribution < 1.29 is 0 Å². The molecular formula is C13H18INS. The summed E-state index contributed by atoms with van der Waals surface area (Å²) in [5.74, 6) is 2.18. The number of halogens is 1. The first-order valence-corrected chi connectivity index (χ1v) is 7.65. The second kappa shape index (κ2) is 8.14. The van der Waals surface area contributed by atoms with Crippen LogP contribution >= 0.6 is 34.4 Å². The van der Waals surface area contributed by atoms with E-state index in [0.29, 0.717) is 6.04 Å². The minimum atomic E-state index is 0.432. The molecule has 1 unspecified atom stereocenters. The third kappa shape index (κ3) is 5.37. The molecule has 0 heterocycles. The standard InChI is InChI=1S/C13H18INS/c1-3-9-16-10-8-15-11(2)12-4-6-13(14)7-5-12/h3-7,11,15H,1,8-10H2,2H3. The lowest BCUT2D eigenvalue weighted by Crippen LogP contribution is -2.21. The quantitative estimate of drug-likeness (QED) is 0.457. The van der Waals surface area contributed by atoms with E-state index in [2.05, 4.69) is 65.7 Å². The molecule has 0 aliphatic carbocycles. The summed E-state index contributed by atoms with van der Waals surface area (Å²) >= 11 is 4.24. The first kappa shape index (κ1) is 14.1. The zero-order valence-corrected chi connectivity index (χ0v) is 12.6. The molecule has 1 aromatic rings. The van der Waals surface area contributed by atoms with E-state index < -0.39 is 0 Å². The minimum absolute atomic E-state index is 0.432. The molecule has 0 aliphatic heterocycles. The Morgan fingerprint density at radius 1 is 1.44 bits per heavy atom. The molecule has 16 heavy (non-hydrogen) atoms. The van der Waals surface area contributed by atoms with Crippen LogP contribution in [-0.2, 0) is 0 Å². The van der Waals surface area contributed by atoms with Gasteiger partial charge >= 0.3 is 0 Å². The van der Waals surface area contributed by atoms with Crippen LogP contribution in [0.3, 0.4) is 0 Å². The zero-order chi connectivity index (χ0) is 11.8. The van der Waals surface area contributed by atoms with Gasteiger partial charge < -0.3 is 5.32 Å². The summed E-state index contributed by atoms with van der Waals surface area (Å²) in [7, 11) is 0. The molecule has 1 nitrogen and oxygen atoms in total. The molecule has 1 N–H and O–H groups in total. The van der Waals surface area contributed by atoms with Gasteiger partial charge in [-0.05, 0) is 47.2 Å². The first-order chi connectivity index (χ1) is 7.74. The Morgan fingerprint density at radius 2 is 2.12 bits per heavy atom. The van der Waals surface area contributed by atoms with Crippen molar-refractivity contribution in [3.05, 3.63) is 46.1 Å². The number of rotatable bonds is 7. The molecule has 0 spiro atoms. The maximum atomic E-state index is 3.71. The average molecular weight is 347 g/mol. The van der Waals surface area contributed by atoms with Crippen molar-refractivity contribution in [3.8, 4) is 0 Å². The van der Waals surface area contributed by atoms with Gasteiger partial charge in [0.2, 0.25) is 0 Å². The lowest BCUT2D eigenvalue weighted by molar-refractivity contribution is 0.601. The van der Waals surface area contributed by atoms with Crippen LogP contribution in [-0.4, -0.2) is 18.1 Å². The van der Waals surface area contributed by atoms with Crippen LogP contribution in [0.1, 0.15) is 18.5 Å². The molecule has 0 saturated heterocycles. The summed E-state index contributed by atoms with van der Waals surface area (Å²) in [5.41, 5.74) is 1.36. The van der Waals surface area contributed by atoms with Crippen molar-refractivity contribution in [2.45, 2.75) is 13.0 Å². The van der Waals surface area contributed by atoms with Crippen molar-refractivity contribution >= 4 is 34.4 Å². The second-order valence-electron chi connectivity index (χ2n) is 3.59.